The van der Waals surface area contributed by atoms with E-state index < -0.39 is 5.60 Å². The summed E-state index contributed by atoms with van der Waals surface area (Å²) in [5, 5.41) is 28.7. The fourth-order valence-electron chi connectivity index (χ4n) is 17.9. The molecule has 0 fully saturated rings. The number of rotatable bonds is 52. The minimum absolute atomic E-state index is 0.288. The second kappa shape index (κ2) is 55.0. The number of carbonyl (C=O) groups is 1. The topological polar surface area (TPSA) is 147 Å². The van der Waals surface area contributed by atoms with E-state index in [1.165, 1.54) is 144 Å². The first-order valence-corrected chi connectivity index (χ1v) is 50.5. The van der Waals surface area contributed by atoms with Crippen molar-refractivity contribution in [3.63, 3.8) is 0 Å². The third kappa shape index (κ3) is 34.9. The first kappa shape index (κ1) is 102. The Morgan fingerprint density at radius 2 is 0.555 bits per heavy atom. The van der Waals surface area contributed by atoms with E-state index in [4.69, 9.17) is 24.7 Å². The molecule has 0 unspecified atom stereocenters. The van der Waals surface area contributed by atoms with Crippen LogP contribution < -0.4 is 5.32 Å². The molecule has 4 heterocycles. The molecule has 0 saturated heterocycles. The molecule has 10 aromatic carbocycles. The highest BCUT2D eigenvalue weighted by atomic mass is 16.6. The van der Waals surface area contributed by atoms with Crippen molar-refractivity contribution < 1.29 is 19.7 Å². The van der Waals surface area contributed by atoms with Crippen molar-refractivity contribution in [3.05, 3.63) is 440 Å². The molecule has 0 atom stereocenters. The number of aromatic nitrogens is 4. The molecular weight excluding hydrogens is 1680 g/mol. The Morgan fingerprint density at radius 3 is 0.847 bits per heavy atom. The lowest BCUT2D eigenvalue weighted by Gasteiger charge is -2.28. The first-order chi connectivity index (χ1) is 67.0. The SMILES string of the molecule is CCCCCc1ccc(CN(Cc2ccccn2)Cc2cc(CCN(Cc3ccc(-c4ccccc4)cc3)C(=O)OC(C)(C)C)cc(CN(Cc3ccc(CCCCC)cc3)Cc3ccccn3)c2O)cc1.CCCCCc1ccc(CN(Cc2ccccn2)Cc2cc(CCNCc3ccc(-c4ccccc4)cc3)cc(CN(Cc3ccc(CCCCC)cc3)Cc3ccccn3)c2O)cc1. The van der Waals surface area contributed by atoms with Gasteiger partial charge in [-0.25, -0.2) is 4.79 Å². The summed E-state index contributed by atoms with van der Waals surface area (Å²) in [6.45, 7) is 24.7. The molecule has 0 aliphatic rings. The molecule has 712 valence electrons. The van der Waals surface area contributed by atoms with Crippen LogP contribution in [0.25, 0.3) is 22.3 Å². The summed E-state index contributed by atoms with van der Waals surface area (Å²) in [5.74, 6) is 0.658. The van der Waals surface area contributed by atoms with Crippen LogP contribution in [0.2, 0.25) is 0 Å². The van der Waals surface area contributed by atoms with Crippen LogP contribution in [0.1, 0.15) is 237 Å². The van der Waals surface area contributed by atoms with Crippen molar-refractivity contribution in [2.24, 2.45) is 0 Å². The number of aromatic hydroxyl groups is 2. The van der Waals surface area contributed by atoms with E-state index in [2.05, 4.69) is 301 Å². The molecule has 14 aromatic rings. The number of phenols is 2. The standard InChI is InChI=1S/C64H77N5O3.C59H69N5O/c1-6-8-11-19-50-25-29-52(30-26-50)43-67(48-60-23-15-17-38-65-60)46-58-41-55(37-40-69(63(71)72-64(3,4)5)45-54-33-35-57(36-34-54)56-21-13-10-14-22-56)42-59(62(58)70)47-68(49-61-24-16-18-39-66-61)44-53-31-27-51(28-32-53)20-12-9-7-2;1-3-5-8-16-47-22-26-50(27-23-47)41-63(45-57-20-12-14-35-61-57)43-55-38-52(34-37-60-40-49-30-32-54(33-31-49)53-18-10-7-11-19-53)39-56(59(55)65)44-64(46-58-21-13-15-36-62-58)42-51-28-24-48(25-29-51)17-9-6-4-2/h10,13-18,21-36,38-39,41-42,70H,6-9,11-12,19-20,37,40,43-49H2,1-5H3;7,10-15,18-33,35-36,38-39,60,65H,3-6,8-9,16-17,34,37,40-46H2,1-2H3. The Labute approximate surface area is 818 Å². The minimum Gasteiger partial charge on any atom is -0.507 e. The van der Waals surface area contributed by atoms with Crippen LogP contribution in [-0.4, -0.2) is 79.4 Å². The van der Waals surface area contributed by atoms with E-state index in [9.17, 15) is 15.0 Å². The van der Waals surface area contributed by atoms with Gasteiger partial charge in [0.15, 0.2) is 0 Å². The van der Waals surface area contributed by atoms with Crippen molar-refractivity contribution in [1.29, 1.82) is 0 Å². The van der Waals surface area contributed by atoms with Crippen LogP contribution in [0.3, 0.4) is 0 Å². The Hall–Kier alpha value is -12.5. The Bertz CT molecular complexity index is 5550. The molecule has 14 nitrogen and oxygen atoms in total. The lowest BCUT2D eigenvalue weighted by Crippen LogP contribution is -2.37. The molecule has 0 bridgehead atoms. The number of nitrogens with one attached hydrogen (secondary N) is 1. The predicted molar refractivity (Wildman–Crippen MR) is 563 cm³/mol. The van der Waals surface area contributed by atoms with Gasteiger partial charge in [0.25, 0.3) is 0 Å². The maximum Gasteiger partial charge on any atom is 0.410 e. The van der Waals surface area contributed by atoms with Gasteiger partial charge in [-0.1, -0.05) is 334 Å². The maximum atomic E-state index is 14.1. The van der Waals surface area contributed by atoms with E-state index in [0.717, 1.165) is 126 Å². The maximum absolute atomic E-state index is 14.1. The van der Waals surface area contributed by atoms with Crippen molar-refractivity contribution in [2.75, 3.05) is 13.1 Å². The summed E-state index contributed by atoms with van der Waals surface area (Å²) in [6, 6.07) is 108. The number of unbranched alkanes of at least 4 members (excludes halogenated alkanes) is 8. The zero-order valence-electron chi connectivity index (χ0n) is 82.5. The molecule has 0 saturated carbocycles. The second-order valence-corrected chi connectivity index (χ2v) is 38.2. The predicted octanol–water partition coefficient (Wildman–Crippen LogP) is 27.8. The largest absolute Gasteiger partial charge is 0.507 e. The molecule has 14 rings (SSSR count). The van der Waals surface area contributed by atoms with Gasteiger partial charge in [-0.3, -0.25) is 39.5 Å². The van der Waals surface area contributed by atoms with Crippen LogP contribution in [0.4, 0.5) is 4.79 Å². The summed E-state index contributed by atoms with van der Waals surface area (Å²) in [6.07, 6.45) is 27.6. The zero-order chi connectivity index (χ0) is 95.4. The lowest BCUT2D eigenvalue weighted by molar-refractivity contribution is 0.0235. The summed E-state index contributed by atoms with van der Waals surface area (Å²) in [7, 11) is 0. The van der Waals surface area contributed by atoms with E-state index in [1.54, 1.807) is 0 Å². The summed E-state index contributed by atoms with van der Waals surface area (Å²) < 4.78 is 6.04. The molecule has 14 heteroatoms. The number of hydrogen-bond acceptors (Lipinski definition) is 13. The molecule has 0 spiro atoms. The summed E-state index contributed by atoms with van der Waals surface area (Å²) in [4.78, 5) is 44.4. The molecule has 137 heavy (non-hydrogen) atoms. The van der Waals surface area contributed by atoms with Gasteiger partial charge >= 0.3 is 6.09 Å². The second-order valence-electron chi connectivity index (χ2n) is 38.2. The normalized spacial score (nSPS) is 11.5. The van der Waals surface area contributed by atoms with E-state index >= 15 is 0 Å². The summed E-state index contributed by atoms with van der Waals surface area (Å²) >= 11 is 0. The van der Waals surface area contributed by atoms with Gasteiger partial charge in [0.1, 0.15) is 17.1 Å². The molecule has 0 aliphatic heterocycles. The number of aryl methyl sites for hydroxylation is 4. The number of ether oxygens (including phenoxy) is 1. The van der Waals surface area contributed by atoms with Crippen molar-refractivity contribution in [2.45, 2.75) is 261 Å². The number of amides is 1. The van der Waals surface area contributed by atoms with Gasteiger partial charge in [-0.2, -0.15) is 0 Å². The van der Waals surface area contributed by atoms with Crippen molar-refractivity contribution >= 4 is 6.09 Å². The van der Waals surface area contributed by atoms with Crippen LogP contribution in [0.5, 0.6) is 11.5 Å². The molecule has 0 aliphatic carbocycles. The average molecular weight is 1830 g/mol. The fraction of sp³-hybridized carbons (Fsp3) is 0.341. The van der Waals surface area contributed by atoms with Crippen molar-refractivity contribution in [1.82, 2.24) is 49.8 Å². The number of benzene rings is 10. The van der Waals surface area contributed by atoms with E-state index in [0.29, 0.717) is 90.7 Å². The van der Waals surface area contributed by atoms with Gasteiger partial charge in [0, 0.05) is 145 Å². The van der Waals surface area contributed by atoms with Crippen LogP contribution in [-0.2, 0) is 135 Å². The van der Waals surface area contributed by atoms with Crippen LogP contribution in [0, 0.1) is 0 Å². The van der Waals surface area contributed by atoms with Crippen molar-refractivity contribution in [3.8, 4) is 33.8 Å². The van der Waals surface area contributed by atoms with Crippen LogP contribution in [0.15, 0.2) is 328 Å². The quantitative estimate of drug-likeness (QED) is 0.0311. The lowest BCUT2D eigenvalue weighted by atomic mass is 9.99. The Morgan fingerprint density at radius 1 is 0.285 bits per heavy atom. The number of hydrogen-bond donors (Lipinski definition) is 3. The minimum atomic E-state index is -0.662. The third-order valence-corrected chi connectivity index (χ3v) is 25.4. The molecule has 1 amide bonds. The molecule has 0 radical (unpaired) electrons. The fourth-order valence-corrected chi connectivity index (χ4v) is 17.9. The van der Waals surface area contributed by atoms with E-state index in [-0.39, 0.29) is 11.8 Å². The van der Waals surface area contributed by atoms with E-state index in [1.807, 2.05) is 105 Å². The Balaban J connectivity index is 0.000000233. The highest BCUT2D eigenvalue weighted by molar-refractivity contribution is 5.69. The monoisotopic (exact) mass is 1830 g/mol. The zero-order valence-corrected chi connectivity index (χ0v) is 82.5. The molecule has 4 aromatic heterocycles. The first-order valence-electron chi connectivity index (χ1n) is 50.5. The highest BCUT2D eigenvalue weighted by Gasteiger charge is 2.26. The number of pyridine rings is 4. The van der Waals surface area contributed by atoms with Crippen LogP contribution >= 0.6 is 0 Å². The van der Waals surface area contributed by atoms with Gasteiger partial charge in [-0.05, 0) is 229 Å². The Kier molecular flexibility index (Phi) is 40.9. The number of phenolic OH excluding ortho intramolecular Hbond substituents is 2. The highest BCUT2D eigenvalue weighted by Crippen LogP contribution is 2.35. The number of nitrogens with zero attached hydrogens (tertiary/aromatic N) is 9. The third-order valence-electron chi connectivity index (χ3n) is 25.4. The average Bonchev–Trinajstić information content (AvgIpc) is 0.812. The molecular formula is C123H146N10O4. The summed E-state index contributed by atoms with van der Waals surface area (Å²) in [5.41, 5.74) is 26.6. The smallest absolute Gasteiger partial charge is 0.410 e. The number of carbonyl (C=O) groups excluding carboxylic acids is 1. The van der Waals surface area contributed by atoms with Gasteiger partial charge < -0.3 is 25.2 Å². The van der Waals surface area contributed by atoms with Gasteiger partial charge in [0.05, 0.1) is 22.8 Å². The van der Waals surface area contributed by atoms with Gasteiger partial charge in [0.2, 0.25) is 0 Å². The molecule has 3 N–H and O–H groups in total. The van der Waals surface area contributed by atoms with Gasteiger partial charge in [-0.15, -0.1) is 0 Å².